The molecule has 1 N–H and O–H groups in total. The minimum Gasteiger partial charge on any atom is -0.383 e. The highest BCUT2D eigenvalue weighted by atomic mass is 28.4. The fourth-order valence-corrected chi connectivity index (χ4v) is 7.50. The van der Waals surface area contributed by atoms with Gasteiger partial charge in [-0.3, -0.25) is 4.98 Å². The Balaban J connectivity index is 2.98. The molecule has 0 aromatic rings. The van der Waals surface area contributed by atoms with E-state index < -0.39 is 8.72 Å². The lowest BCUT2D eigenvalue weighted by Gasteiger charge is -2.45. The Morgan fingerprint density at radius 2 is 1.58 bits per heavy atom. The van der Waals surface area contributed by atoms with E-state index in [1.54, 1.807) is 0 Å². The van der Waals surface area contributed by atoms with Crippen LogP contribution in [-0.4, -0.2) is 27.5 Å². The first-order valence-electron chi connectivity index (χ1n) is 7.92. The molecule has 0 amide bonds. The van der Waals surface area contributed by atoms with E-state index in [0.29, 0.717) is 11.5 Å². The van der Waals surface area contributed by atoms with Crippen molar-refractivity contribution in [1.82, 2.24) is 4.98 Å². The second-order valence-electron chi connectivity index (χ2n) is 6.78. The molecule has 114 valence electrons. The van der Waals surface area contributed by atoms with E-state index in [9.17, 15) is 0 Å². The van der Waals surface area contributed by atoms with Crippen molar-refractivity contribution in [1.29, 1.82) is 0 Å². The smallest absolute Gasteiger partial charge is 0.383 e. The molecule has 3 nitrogen and oxygen atoms in total. The van der Waals surface area contributed by atoms with Crippen LogP contribution in [0.25, 0.3) is 0 Å². The first-order chi connectivity index (χ1) is 8.84. The summed E-state index contributed by atoms with van der Waals surface area (Å²) in [6, 6.07) is 0. The van der Waals surface area contributed by atoms with Crippen LogP contribution in [0.1, 0.15) is 67.2 Å². The van der Waals surface area contributed by atoms with Crippen LogP contribution in [0.5, 0.6) is 0 Å². The Morgan fingerprint density at radius 1 is 1.05 bits per heavy atom. The van der Waals surface area contributed by atoms with E-state index in [4.69, 9.17) is 8.85 Å². The highest BCUT2D eigenvalue weighted by Crippen LogP contribution is 2.41. The molecular weight excluding hydrogens is 254 g/mol. The molecule has 0 aromatic carbocycles. The average molecular weight is 288 g/mol. The monoisotopic (exact) mass is 287 g/mol. The summed E-state index contributed by atoms with van der Waals surface area (Å²) in [5.74, 6) is 0.702. The average Bonchev–Trinajstić information content (AvgIpc) is 2.27. The summed E-state index contributed by atoms with van der Waals surface area (Å²) in [5, 5.41) is 0. The zero-order valence-electron chi connectivity index (χ0n) is 13.7. The second kappa shape index (κ2) is 7.20. The van der Waals surface area contributed by atoms with Gasteiger partial charge in [0.25, 0.3) is 0 Å². The number of nitrogens with one attached hydrogen (secondary N) is 1. The lowest BCUT2D eigenvalue weighted by molar-refractivity contribution is 0.132. The zero-order valence-corrected chi connectivity index (χ0v) is 14.7. The quantitative estimate of drug-likeness (QED) is 0.750. The third kappa shape index (κ3) is 4.85. The molecule has 0 radical (unpaired) electrons. The van der Waals surface area contributed by atoms with Crippen molar-refractivity contribution in [2.75, 3.05) is 13.2 Å². The van der Waals surface area contributed by atoms with Crippen LogP contribution in [0.4, 0.5) is 0 Å². The summed E-state index contributed by atoms with van der Waals surface area (Å²) in [6.07, 6.45) is 5.23. The molecule has 0 aliphatic heterocycles. The van der Waals surface area contributed by atoms with Gasteiger partial charge in [-0.05, 0) is 47.0 Å². The van der Waals surface area contributed by atoms with Gasteiger partial charge >= 0.3 is 8.72 Å². The molecule has 0 aromatic heterocycles. The minimum atomic E-state index is -2.34. The van der Waals surface area contributed by atoms with E-state index in [-0.39, 0.29) is 5.54 Å². The summed E-state index contributed by atoms with van der Waals surface area (Å²) in [7, 11) is -2.34. The van der Waals surface area contributed by atoms with Gasteiger partial charge in [-0.25, -0.2) is 0 Å². The molecule has 1 aliphatic carbocycles. The van der Waals surface area contributed by atoms with Crippen molar-refractivity contribution >= 4 is 8.72 Å². The second-order valence-corrected chi connectivity index (χ2v) is 9.68. The van der Waals surface area contributed by atoms with E-state index in [0.717, 1.165) is 13.2 Å². The third-order valence-corrected chi connectivity index (χ3v) is 8.23. The zero-order chi connectivity index (χ0) is 14.5. The largest absolute Gasteiger partial charge is 0.428 e. The molecule has 2 unspecified atom stereocenters. The van der Waals surface area contributed by atoms with Crippen LogP contribution < -0.4 is 4.98 Å². The highest BCUT2D eigenvalue weighted by molar-refractivity contribution is 6.66. The lowest BCUT2D eigenvalue weighted by atomic mass is 9.90. The van der Waals surface area contributed by atoms with Gasteiger partial charge in [0.1, 0.15) is 0 Å². The van der Waals surface area contributed by atoms with E-state index >= 15 is 0 Å². The predicted octanol–water partition coefficient (Wildman–Crippen LogP) is 3.97. The molecule has 1 rings (SSSR count). The Kier molecular flexibility index (Phi) is 6.50. The van der Waals surface area contributed by atoms with Gasteiger partial charge in [-0.15, -0.1) is 0 Å². The van der Waals surface area contributed by atoms with Crippen LogP contribution in [0.3, 0.4) is 0 Å². The first kappa shape index (κ1) is 17.1. The maximum Gasteiger partial charge on any atom is 0.428 e. The van der Waals surface area contributed by atoms with E-state index in [2.05, 4.69) is 46.5 Å². The fraction of sp³-hybridized carbons (Fsp3) is 1.00. The van der Waals surface area contributed by atoms with Crippen molar-refractivity contribution in [2.24, 2.45) is 5.92 Å². The summed E-state index contributed by atoms with van der Waals surface area (Å²) in [4.78, 5) is 3.77. The number of rotatable bonds is 6. The molecule has 0 heterocycles. The summed E-state index contributed by atoms with van der Waals surface area (Å²) >= 11 is 0. The number of hydrogen-bond donors (Lipinski definition) is 1. The standard InChI is InChI=1S/C15H33NO2Si/c1-7-17-19(18-8-2,16-15(4,5)6)14-12-10-9-11-13(14)3/h13-14,16H,7-12H2,1-6H3. The molecule has 1 aliphatic rings. The molecule has 2 atom stereocenters. The van der Waals surface area contributed by atoms with Gasteiger partial charge in [0.2, 0.25) is 0 Å². The first-order valence-corrected chi connectivity index (χ1v) is 9.81. The van der Waals surface area contributed by atoms with Crippen LogP contribution in [-0.2, 0) is 8.85 Å². The van der Waals surface area contributed by atoms with Crippen molar-refractivity contribution in [3.8, 4) is 0 Å². The topological polar surface area (TPSA) is 30.5 Å². The van der Waals surface area contributed by atoms with E-state index in [1.165, 1.54) is 25.7 Å². The van der Waals surface area contributed by atoms with Crippen LogP contribution in [0, 0.1) is 5.92 Å². The molecule has 1 fully saturated rings. The van der Waals surface area contributed by atoms with Gasteiger partial charge in [-0.2, -0.15) is 0 Å². The Hall–Kier alpha value is 0.0969. The van der Waals surface area contributed by atoms with Gasteiger partial charge < -0.3 is 8.85 Å². The highest BCUT2D eigenvalue weighted by Gasteiger charge is 2.51. The van der Waals surface area contributed by atoms with Crippen LogP contribution in [0.2, 0.25) is 5.54 Å². The Morgan fingerprint density at radius 3 is 2.00 bits per heavy atom. The van der Waals surface area contributed by atoms with Crippen molar-refractivity contribution in [2.45, 2.75) is 78.3 Å². The van der Waals surface area contributed by atoms with Crippen molar-refractivity contribution in [3.63, 3.8) is 0 Å². The molecule has 0 spiro atoms. The van der Waals surface area contributed by atoms with Gasteiger partial charge in [0.05, 0.1) is 0 Å². The van der Waals surface area contributed by atoms with Crippen molar-refractivity contribution < 1.29 is 8.85 Å². The third-order valence-electron chi connectivity index (χ3n) is 3.87. The van der Waals surface area contributed by atoms with Gasteiger partial charge in [0.15, 0.2) is 0 Å². The Bertz CT molecular complexity index is 259. The van der Waals surface area contributed by atoms with Gasteiger partial charge in [0, 0.05) is 24.3 Å². The summed E-state index contributed by atoms with van der Waals surface area (Å²) in [5.41, 5.74) is 0.605. The molecular formula is C15H33NO2Si. The van der Waals surface area contributed by atoms with Crippen LogP contribution >= 0.6 is 0 Å². The van der Waals surface area contributed by atoms with E-state index in [1.807, 2.05) is 0 Å². The van der Waals surface area contributed by atoms with Crippen LogP contribution in [0.15, 0.2) is 0 Å². The molecule has 0 saturated heterocycles. The molecule has 4 heteroatoms. The summed E-state index contributed by atoms with van der Waals surface area (Å²) < 4.78 is 12.5. The Labute approximate surface area is 120 Å². The number of hydrogen-bond acceptors (Lipinski definition) is 3. The molecule has 1 saturated carbocycles. The minimum absolute atomic E-state index is 0.0354. The van der Waals surface area contributed by atoms with Crippen molar-refractivity contribution in [3.05, 3.63) is 0 Å². The molecule has 0 bridgehead atoms. The fourth-order valence-electron chi connectivity index (χ4n) is 3.25. The predicted molar refractivity (Wildman–Crippen MR) is 83.3 cm³/mol. The SMILES string of the molecule is CCO[Si](NC(C)(C)C)(OCC)C1CCCCC1C. The summed E-state index contributed by atoms with van der Waals surface area (Å²) in [6.45, 7) is 14.6. The normalized spacial score (nSPS) is 25.6. The lowest BCUT2D eigenvalue weighted by Crippen LogP contribution is -2.66. The molecule has 19 heavy (non-hydrogen) atoms. The van der Waals surface area contributed by atoms with Gasteiger partial charge in [-0.1, -0.05) is 26.2 Å². The maximum absolute atomic E-state index is 6.26. The maximum atomic E-state index is 6.26.